The van der Waals surface area contributed by atoms with Gasteiger partial charge in [-0.2, -0.15) is 0 Å². The zero-order valence-electron chi connectivity index (χ0n) is 21.6. The first-order valence-corrected chi connectivity index (χ1v) is 14.5. The number of phenolic OH excluding ortho intramolecular Hbond substituents is 1. The first kappa shape index (κ1) is 26.1. The van der Waals surface area contributed by atoms with E-state index in [0.717, 1.165) is 70.3 Å². The van der Waals surface area contributed by atoms with E-state index in [-0.39, 0.29) is 11.4 Å². The third kappa shape index (κ3) is 4.54. The van der Waals surface area contributed by atoms with Crippen LogP contribution in [0.15, 0.2) is 81.7 Å². The van der Waals surface area contributed by atoms with Crippen molar-refractivity contribution in [1.29, 1.82) is 0 Å². The summed E-state index contributed by atoms with van der Waals surface area (Å²) in [4.78, 5) is 27.8. The van der Waals surface area contributed by atoms with Crippen LogP contribution in [0.5, 0.6) is 5.75 Å². The van der Waals surface area contributed by atoms with Crippen molar-refractivity contribution in [2.75, 3.05) is 0 Å². The number of fused-ring (bicyclic) bond motifs is 8. The molecule has 3 aromatic heterocycles. The SMILES string of the molecule is O=[N+]([O-])c1ccc(-c2c3nc(c(Br)c4ccc([nH]4)c(-c4ccc(O)cc4)c4nc(c(Br)c5ccc2[nH]5)C=C4)C=C3)cc1. The third-order valence-electron chi connectivity index (χ3n) is 7.15. The van der Waals surface area contributed by atoms with Crippen molar-refractivity contribution in [2.24, 2.45) is 0 Å². The van der Waals surface area contributed by atoms with E-state index in [1.54, 1.807) is 24.3 Å². The average Bonchev–Trinajstić information content (AvgIpc) is 3.82. The van der Waals surface area contributed by atoms with Crippen molar-refractivity contribution in [2.45, 2.75) is 0 Å². The summed E-state index contributed by atoms with van der Waals surface area (Å²) in [5.74, 6) is 0.188. The molecule has 7 rings (SSSR count). The molecule has 42 heavy (non-hydrogen) atoms. The van der Waals surface area contributed by atoms with Crippen LogP contribution >= 0.6 is 31.9 Å². The summed E-state index contributed by atoms with van der Waals surface area (Å²) in [5, 5.41) is 21.2. The Morgan fingerprint density at radius 2 is 1.00 bits per heavy atom. The van der Waals surface area contributed by atoms with E-state index in [1.165, 1.54) is 12.1 Å². The number of aromatic nitrogens is 4. The zero-order chi connectivity index (χ0) is 29.0. The molecule has 204 valence electrons. The van der Waals surface area contributed by atoms with Crippen molar-refractivity contribution in [1.82, 2.24) is 19.9 Å². The number of phenols is 1. The van der Waals surface area contributed by atoms with Gasteiger partial charge in [-0.15, -0.1) is 0 Å². The lowest BCUT2D eigenvalue weighted by Crippen LogP contribution is -1.89. The van der Waals surface area contributed by atoms with Crippen LogP contribution in [0.1, 0.15) is 22.8 Å². The topological polar surface area (TPSA) is 121 Å². The second kappa shape index (κ2) is 10.2. The summed E-state index contributed by atoms with van der Waals surface area (Å²) in [7, 11) is 0. The molecule has 5 heterocycles. The van der Waals surface area contributed by atoms with Crippen molar-refractivity contribution < 1.29 is 10.0 Å². The molecule has 0 saturated carbocycles. The Hall–Kier alpha value is -4.80. The lowest BCUT2D eigenvalue weighted by Gasteiger charge is -2.04. The Morgan fingerprint density at radius 1 is 0.595 bits per heavy atom. The van der Waals surface area contributed by atoms with Gasteiger partial charge in [-0.05, 0) is 116 Å². The summed E-state index contributed by atoms with van der Waals surface area (Å²) in [6, 6.07) is 21.4. The van der Waals surface area contributed by atoms with Crippen molar-refractivity contribution in [3.05, 3.63) is 115 Å². The fraction of sp³-hybridized carbons (Fsp3) is 0. The summed E-state index contributed by atoms with van der Waals surface area (Å²) in [6.07, 6.45) is 7.80. The van der Waals surface area contributed by atoms with Crippen LogP contribution in [0, 0.1) is 10.1 Å². The number of benzene rings is 2. The molecule has 0 saturated heterocycles. The minimum Gasteiger partial charge on any atom is -0.508 e. The number of hydrogen-bond acceptors (Lipinski definition) is 5. The van der Waals surface area contributed by atoms with Gasteiger partial charge in [0.15, 0.2) is 0 Å². The number of hydrogen-bond donors (Lipinski definition) is 3. The first-order valence-electron chi connectivity index (χ1n) is 12.9. The van der Waals surface area contributed by atoms with E-state index < -0.39 is 4.92 Å². The molecular formula is C32H19Br2N5O3. The smallest absolute Gasteiger partial charge is 0.269 e. The molecule has 0 unspecified atom stereocenters. The summed E-state index contributed by atoms with van der Waals surface area (Å²) in [6.45, 7) is 0. The number of aromatic amines is 2. The van der Waals surface area contributed by atoms with E-state index >= 15 is 0 Å². The van der Waals surface area contributed by atoms with Crippen LogP contribution in [-0.2, 0) is 0 Å². The average molecular weight is 681 g/mol. The molecule has 3 N–H and O–H groups in total. The number of rotatable bonds is 3. The standard InChI is InChI=1S/C32H19Br2N5O3/c33-31-25-13-9-21(35-25)29(17-1-5-19(6-2-17)39(41)42)22-10-14-26(36-22)32(34)28-16-12-24(38-28)30(23-11-15-27(31)37-23)18-3-7-20(40)8-4-18/h1-16,35,38,40H. The van der Waals surface area contributed by atoms with E-state index in [2.05, 4.69) is 41.8 Å². The highest BCUT2D eigenvalue weighted by molar-refractivity contribution is 9.11. The Labute approximate surface area is 255 Å². The largest absolute Gasteiger partial charge is 0.508 e. The van der Waals surface area contributed by atoms with Gasteiger partial charge in [0.1, 0.15) is 5.75 Å². The number of halogens is 2. The van der Waals surface area contributed by atoms with Crippen molar-refractivity contribution in [3.8, 4) is 28.0 Å². The molecule has 2 aromatic carbocycles. The number of nitro benzene ring substituents is 1. The normalized spacial score (nSPS) is 12.1. The maximum absolute atomic E-state index is 11.3. The number of nitrogens with one attached hydrogen (secondary N) is 2. The molecule has 0 amide bonds. The van der Waals surface area contributed by atoms with Crippen LogP contribution < -0.4 is 0 Å². The van der Waals surface area contributed by atoms with Gasteiger partial charge >= 0.3 is 0 Å². The first-order chi connectivity index (χ1) is 20.4. The van der Waals surface area contributed by atoms with Gasteiger partial charge in [0.2, 0.25) is 0 Å². The molecule has 8 nitrogen and oxygen atoms in total. The van der Waals surface area contributed by atoms with Crippen LogP contribution in [-0.4, -0.2) is 30.0 Å². The van der Waals surface area contributed by atoms with Gasteiger partial charge in [-0.25, -0.2) is 9.97 Å². The Morgan fingerprint density at radius 3 is 1.45 bits per heavy atom. The number of nitrogens with zero attached hydrogens (tertiary/aromatic N) is 3. The number of non-ortho nitro benzene ring substituents is 1. The minimum atomic E-state index is -0.409. The Bertz CT molecular complexity index is 2140. The Balaban J connectivity index is 1.58. The van der Waals surface area contributed by atoms with Gasteiger partial charge in [0.25, 0.3) is 5.69 Å². The van der Waals surface area contributed by atoms with Crippen LogP contribution in [0.4, 0.5) is 5.69 Å². The molecule has 2 aliphatic heterocycles. The molecule has 10 heteroatoms. The number of nitro groups is 1. The lowest BCUT2D eigenvalue weighted by atomic mass is 10.0. The van der Waals surface area contributed by atoms with Crippen molar-refractivity contribution in [3.63, 3.8) is 0 Å². The fourth-order valence-corrected chi connectivity index (χ4v) is 6.03. The molecule has 0 fully saturated rings. The molecular weight excluding hydrogens is 662 g/mol. The minimum absolute atomic E-state index is 0.0205. The number of aromatic hydroxyl groups is 1. The van der Waals surface area contributed by atoms with Gasteiger partial charge < -0.3 is 15.1 Å². The molecule has 0 atom stereocenters. The van der Waals surface area contributed by atoms with Crippen molar-refractivity contribution >= 4 is 83.9 Å². The van der Waals surface area contributed by atoms with E-state index in [0.29, 0.717) is 5.69 Å². The maximum Gasteiger partial charge on any atom is 0.269 e. The molecule has 5 aromatic rings. The second-order valence-corrected chi connectivity index (χ2v) is 11.3. The second-order valence-electron chi connectivity index (χ2n) is 9.73. The van der Waals surface area contributed by atoms with Gasteiger partial charge in [0.05, 0.1) is 47.7 Å². The van der Waals surface area contributed by atoms with Gasteiger partial charge in [0, 0.05) is 34.3 Å². The molecule has 0 radical (unpaired) electrons. The molecule has 8 bridgehead atoms. The van der Waals surface area contributed by atoms with E-state index in [1.807, 2.05) is 60.7 Å². The van der Waals surface area contributed by atoms with Crippen LogP contribution in [0.3, 0.4) is 0 Å². The Kier molecular flexibility index (Phi) is 6.37. The van der Waals surface area contributed by atoms with Crippen LogP contribution in [0.25, 0.3) is 68.6 Å². The lowest BCUT2D eigenvalue weighted by molar-refractivity contribution is -0.384. The number of H-pyrrole nitrogens is 2. The quantitative estimate of drug-likeness (QED) is 0.127. The molecule has 2 aliphatic rings. The predicted molar refractivity (Wildman–Crippen MR) is 173 cm³/mol. The highest BCUT2D eigenvalue weighted by Gasteiger charge is 2.17. The third-order valence-corrected chi connectivity index (χ3v) is 8.82. The van der Waals surface area contributed by atoms with E-state index in [9.17, 15) is 15.2 Å². The van der Waals surface area contributed by atoms with Gasteiger partial charge in [-0.1, -0.05) is 12.1 Å². The van der Waals surface area contributed by atoms with Gasteiger partial charge in [-0.3, -0.25) is 10.1 Å². The summed E-state index contributed by atoms with van der Waals surface area (Å²) >= 11 is 7.51. The molecule has 0 aliphatic carbocycles. The maximum atomic E-state index is 11.3. The predicted octanol–water partition coefficient (Wildman–Crippen LogP) is 9.13. The van der Waals surface area contributed by atoms with E-state index in [4.69, 9.17) is 9.97 Å². The zero-order valence-corrected chi connectivity index (χ0v) is 24.8. The highest BCUT2D eigenvalue weighted by atomic mass is 79.9. The summed E-state index contributed by atoms with van der Waals surface area (Å²) < 4.78 is 1.55. The fourth-order valence-electron chi connectivity index (χ4n) is 5.12. The monoisotopic (exact) mass is 679 g/mol. The van der Waals surface area contributed by atoms with Crippen LogP contribution in [0.2, 0.25) is 0 Å². The highest BCUT2D eigenvalue weighted by Crippen LogP contribution is 2.36. The summed E-state index contributed by atoms with van der Waals surface area (Å²) in [5.41, 5.74) is 9.65. The molecule has 0 spiro atoms.